The Bertz CT molecular complexity index is 1200. The van der Waals surface area contributed by atoms with Gasteiger partial charge in [0.25, 0.3) is 0 Å². The second kappa shape index (κ2) is 6.49. The number of ether oxygens (including phenoxy) is 2. The topological polar surface area (TPSA) is 149 Å². The second-order valence-electron chi connectivity index (χ2n) is 5.52. The van der Waals surface area contributed by atoms with Crippen LogP contribution in [-0.4, -0.2) is 32.9 Å². The molecule has 0 radical (unpaired) electrons. The van der Waals surface area contributed by atoms with E-state index in [1.165, 1.54) is 38.5 Å². The number of primary sulfonamides is 1. The minimum Gasteiger partial charge on any atom is -0.508 e. The van der Waals surface area contributed by atoms with Crippen LogP contribution in [0.25, 0.3) is 22.3 Å². The molecule has 0 atom stereocenters. The molecule has 1 aromatic heterocycles. The summed E-state index contributed by atoms with van der Waals surface area (Å²) in [5.41, 5.74) is -0.943. The van der Waals surface area contributed by atoms with Crippen LogP contribution >= 0.6 is 0 Å². The molecule has 0 saturated heterocycles. The molecule has 0 aliphatic carbocycles. The lowest BCUT2D eigenvalue weighted by Crippen LogP contribution is -2.16. The van der Waals surface area contributed by atoms with Crippen molar-refractivity contribution in [3.05, 3.63) is 40.6 Å². The smallest absolute Gasteiger partial charge is 0.245 e. The van der Waals surface area contributed by atoms with E-state index in [4.69, 9.17) is 19.0 Å². The predicted molar refractivity (Wildman–Crippen MR) is 95.7 cm³/mol. The molecule has 0 unspecified atom stereocenters. The molecule has 27 heavy (non-hydrogen) atoms. The van der Waals surface area contributed by atoms with Gasteiger partial charge in [-0.25, -0.2) is 13.6 Å². The predicted octanol–water partition coefficient (Wildman–Crippen LogP) is 1.54. The standard InChI is InChI=1S/C17H15NO8S/c1-24-11-7-10(20)12-13(21)16(25-2)14(8-3-5-9(19)6-4-8)26-15(12)17(11)27(18,22)23/h3-7,19-20H,1-2H3,(H2,18,22,23). The molecule has 0 amide bonds. The van der Waals surface area contributed by atoms with Gasteiger partial charge in [0.05, 0.1) is 14.2 Å². The van der Waals surface area contributed by atoms with E-state index in [0.717, 1.165) is 6.07 Å². The maximum atomic E-state index is 12.8. The number of nitrogens with two attached hydrogens (primary N) is 1. The van der Waals surface area contributed by atoms with E-state index in [2.05, 4.69) is 0 Å². The molecule has 142 valence electrons. The molecule has 4 N–H and O–H groups in total. The molecule has 0 aliphatic heterocycles. The molecule has 0 fully saturated rings. The number of phenols is 2. The Balaban J connectivity index is 2.56. The maximum absolute atomic E-state index is 12.8. The van der Waals surface area contributed by atoms with Crippen molar-refractivity contribution >= 4 is 21.0 Å². The summed E-state index contributed by atoms with van der Waals surface area (Å²) < 4.78 is 39.9. The number of hydrogen-bond acceptors (Lipinski definition) is 8. The molecular weight excluding hydrogens is 378 g/mol. The highest BCUT2D eigenvalue weighted by molar-refractivity contribution is 7.89. The Morgan fingerprint density at radius 3 is 2.22 bits per heavy atom. The van der Waals surface area contributed by atoms with Gasteiger partial charge in [-0.05, 0) is 24.3 Å². The Kier molecular flexibility index (Phi) is 4.46. The van der Waals surface area contributed by atoms with Crippen LogP contribution in [0.3, 0.4) is 0 Å². The SMILES string of the molecule is COc1cc(O)c2c(=O)c(OC)c(-c3ccc(O)cc3)oc2c1S(N)(=O)=O. The summed E-state index contributed by atoms with van der Waals surface area (Å²) in [4.78, 5) is 12.3. The van der Waals surface area contributed by atoms with E-state index in [9.17, 15) is 23.4 Å². The molecule has 0 aliphatic rings. The Hall–Kier alpha value is -3.24. The van der Waals surface area contributed by atoms with Crippen LogP contribution < -0.4 is 20.0 Å². The van der Waals surface area contributed by atoms with Crippen molar-refractivity contribution < 1.29 is 32.5 Å². The van der Waals surface area contributed by atoms with Crippen molar-refractivity contribution in [2.24, 2.45) is 5.14 Å². The fraction of sp³-hybridized carbons (Fsp3) is 0.118. The monoisotopic (exact) mass is 393 g/mol. The number of sulfonamides is 1. The summed E-state index contributed by atoms with van der Waals surface area (Å²) >= 11 is 0. The number of rotatable bonds is 4. The van der Waals surface area contributed by atoms with Crippen LogP contribution in [0.4, 0.5) is 0 Å². The Labute approximate surface area is 153 Å². The van der Waals surface area contributed by atoms with Gasteiger partial charge in [-0.3, -0.25) is 4.79 Å². The summed E-state index contributed by atoms with van der Waals surface area (Å²) in [6.07, 6.45) is 0. The highest BCUT2D eigenvalue weighted by Crippen LogP contribution is 2.40. The van der Waals surface area contributed by atoms with E-state index in [-0.39, 0.29) is 23.0 Å². The van der Waals surface area contributed by atoms with Crippen LogP contribution in [0.1, 0.15) is 0 Å². The van der Waals surface area contributed by atoms with Crippen molar-refractivity contribution in [1.29, 1.82) is 0 Å². The van der Waals surface area contributed by atoms with E-state index >= 15 is 0 Å². The zero-order valence-corrected chi connectivity index (χ0v) is 15.0. The van der Waals surface area contributed by atoms with Gasteiger partial charge in [-0.15, -0.1) is 0 Å². The van der Waals surface area contributed by atoms with Crippen molar-refractivity contribution in [2.75, 3.05) is 14.2 Å². The fourth-order valence-electron chi connectivity index (χ4n) is 2.69. The second-order valence-corrected chi connectivity index (χ2v) is 7.01. The molecular formula is C17H15NO8S. The number of fused-ring (bicyclic) bond motifs is 1. The quantitative estimate of drug-likeness (QED) is 0.604. The molecule has 1 heterocycles. The van der Waals surface area contributed by atoms with Gasteiger partial charge < -0.3 is 24.1 Å². The summed E-state index contributed by atoms with van der Waals surface area (Å²) in [6, 6.07) is 6.54. The highest BCUT2D eigenvalue weighted by atomic mass is 32.2. The van der Waals surface area contributed by atoms with Gasteiger partial charge in [0.2, 0.25) is 21.2 Å². The van der Waals surface area contributed by atoms with Crippen molar-refractivity contribution in [3.63, 3.8) is 0 Å². The minimum absolute atomic E-state index is 0.0228. The number of hydrogen-bond donors (Lipinski definition) is 3. The average molecular weight is 393 g/mol. The largest absolute Gasteiger partial charge is 0.508 e. The van der Waals surface area contributed by atoms with Gasteiger partial charge in [0.15, 0.2) is 16.2 Å². The molecule has 0 spiro atoms. The van der Waals surface area contributed by atoms with Crippen LogP contribution in [0.2, 0.25) is 0 Å². The zero-order valence-electron chi connectivity index (χ0n) is 14.2. The molecule has 0 saturated carbocycles. The zero-order chi connectivity index (χ0) is 19.9. The van der Waals surface area contributed by atoms with Crippen molar-refractivity contribution in [2.45, 2.75) is 4.90 Å². The lowest BCUT2D eigenvalue weighted by atomic mass is 10.1. The molecule has 0 bridgehead atoms. The summed E-state index contributed by atoms with van der Waals surface area (Å²) in [5.74, 6) is -1.22. The number of methoxy groups -OCH3 is 2. The fourth-order valence-corrected chi connectivity index (χ4v) is 3.52. The van der Waals surface area contributed by atoms with E-state index in [0.29, 0.717) is 5.56 Å². The average Bonchev–Trinajstić information content (AvgIpc) is 2.60. The number of phenolic OH excluding ortho intramolecular Hbond substituents is 2. The van der Waals surface area contributed by atoms with E-state index in [1.807, 2.05) is 0 Å². The third-order valence-corrected chi connectivity index (χ3v) is 4.82. The summed E-state index contributed by atoms with van der Waals surface area (Å²) in [5, 5.41) is 24.5. The van der Waals surface area contributed by atoms with Crippen molar-refractivity contribution in [1.82, 2.24) is 0 Å². The van der Waals surface area contributed by atoms with E-state index in [1.54, 1.807) is 0 Å². The third-order valence-electron chi connectivity index (χ3n) is 3.86. The van der Waals surface area contributed by atoms with E-state index < -0.39 is 37.1 Å². The van der Waals surface area contributed by atoms with Gasteiger partial charge in [0, 0.05) is 11.6 Å². The highest BCUT2D eigenvalue weighted by Gasteiger charge is 2.28. The van der Waals surface area contributed by atoms with Crippen LogP contribution in [0.5, 0.6) is 23.0 Å². The first-order valence-corrected chi connectivity index (χ1v) is 9.00. The number of aromatic hydroxyl groups is 2. The molecule has 2 aromatic carbocycles. The van der Waals surface area contributed by atoms with Gasteiger partial charge in [0.1, 0.15) is 22.6 Å². The molecule has 3 aromatic rings. The van der Waals surface area contributed by atoms with Crippen LogP contribution in [0.15, 0.2) is 44.4 Å². The lowest BCUT2D eigenvalue weighted by molar-refractivity contribution is 0.388. The van der Waals surface area contributed by atoms with Crippen LogP contribution in [-0.2, 0) is 10.0 Å². The normalized spacial score (nSPS) is 11.5. The first-order valence-electron chi connectivity index (χ1n) is 7.46. The Morgan fingerprint density at radius 2 is 1.70 bits per heavy atom. The minimum atomic E-state index is -4.38. The molecule has 3 rings (SSSR count). The lowest BCUT2D eigenvalue weighted by Gasteiger charge is -2.14. The van der Waals surface area contributed by atoms with Crippen molar-refractivity contribution in [3.8, 4) is 34.3 Å². The number of benzene rings is 2. The van der Waals surface area contributed by atoms with Gasteiger partial charge in [-0.2, -0.15) is 0 Å². The first kappa shape index (κ1) is 18.5. The Morgan fingerprint density at radius 1 is 1.07 bits per heavy atom. The maximum Gasteiger partial charge on any atom is 0.245 e. The summed E-state index contributed by atoms with van der Waals surface area (Å²) in [6.45, 7) is 0. The van der Waals surface area contributed by atoms with Crippen LogP contribution in [0, 0.1) is 0 Å². The van der Waals surface area contributed by atoms with Gasteiger partial charge in [-0.1, -0.05) is 0 Å². The molecule has 9 nitrogen and oxygen atoms in total. The van der Waals surface area contributed by atoms with Gasteiger partial charge >= 0.3 is 0 Å². The first-order chi connectivity index (χ1) is 12.7. The summed E-state index contributed by atoms with van der Waals surface area (Å²) in [7, 11) is -1.98. The molecule has 10 heteroatoms. The third kappa shape index (κ3) is 3.04.